The Morgan fingerprint density at radius 3 is 2.45 bits per heavy atom. The molecule has 0 aliphatic heterocycles. The molecule has 20 heavy (non-hydrogen) atoms. The standard InChI is InChI=1S/C12H16N6O.ClH/c1-8-14-5-10(6-15-8)17-12(19)11(13-2)9-4-16-18(3)7-9;/h4-7,11,13H,1-3H3,(H,17,19);1H. The van der Waals surface area contributed by atoms with Crippen LogP contribution in [-0.4, -0.2) is 32.7 Å². The molecule has 2 rings (SSSR count). The largest absolute Gasteiger partial charge is 0.322 e. The molecule has 0 spiro atoms. The second kappa shape index (κ2) is 6.97. The van der Waals surface area contributed by atoms with Crippen molar-refractivity contribution in [1.82, 2.24) is 25.1 Å². The molecule has 0 fully saturated rings. The van der Waals surface area contributed by atoms with E-state index in [4.69, 9.17) is 0 Å². The van der Waals surface area contributed by atoms with Crippen LogP contribution in [0.1, 0.15) is 17.4 Å². The van der Waals surface area contributed by atoms with Gasteiger partial charge in [0.1, 0.15) is 11.9 Å². The topological polar surface area (TPSA) is 84.7 Å². The Balaban J connectivity index is 0.00000200. The lowest BCUT2D eigenvalue weighted by molar-refractivity contribution is -0.118. The van der Waals surface area contributed by atoms with E-state index < -0.39 is 6.04 Å². The molecular formula is C12H17ClN6O. The van der Waals surface area contributed by atoms with Gasteiger partial charge in [-0.25, -0.2) is 9.97 Å². The summed E-state index contributed by atoms with van der Waals surface area (Å²) in [5, 5.41) is 9.78. The molecule has 1 amide bonds. The predicted molar refractivity (Wildman–Crippen MR) is 77.7 cm³/mol. The van der Waals surface area contributed by atoms with Crippen LogP contribution in [-0.2, 0) is 11.8 Å². The number of rotatable bonds is 4. The maximum Gasteiger partial charge on any atom is 0.246 e. The highest BCUT2D eigenvalue weighted by Gasteiger charge is 2.20. The Labute approximate surface area is 123 Å². The van der Waals surface area contributed by atoms with Gasteiger partial charge in [0.25, 0.3) is 0 Å². The number of amides is 1. The highest BCUT2D eigenvalue weighted by Crippen LogP contribution is 2.14. The van der Waals surface area contributed by atoms with E-state index in [9.17, 15) is 4.79 Å². The van der Waals surface area contributed by atoms with E-state index in [2.05, 4.69) is 25.7 Å². The van der Waals surface area contributed by atoms with Crippen molar-refractivity contribution in [3.05, 3.63) is 36.2 Å². The Bertz CT molecular complexity index is 568. The molecule has 0 aliphatic rings. The lowest BCUT2D eigenvalue weighted by Crippen LogP contribution is -2.30. The van der Waals surface area contributed by atoms with Crippen molar-refractivity contribution in [1.29, 1.82) is 0 Å². The van der Waals surface area contributed by atoms with E-state index in [1.807, 2.05) is 7.05 Å². The first-order chi connectivity index (χ1) is 9.10. The zero-order chi connectivity index (χ0) is 13.8. The van der Waals surface area contributed by atoms with Crippen molar-refractivity contribution in [2.75, 3.05) is 12.4 Å². The van der Waals surface area contributed by atoms with Crippen molar-refractivity contribution in [3.8, 4) is 0 Å². The molecule has 0 radical (unpaired) electrons. The first-order valence-corrected chi connectivity index (χ1v) is 5.85. The zero-order valence-corrected chi connectivity index (χ0v) is 12.3. The average molecular weight is 297 g/mol. The molecule has 0 aliphatic carbocycles. The first kappa shape index (κ1) is 16.1. The van der Waals surface area contributed by atoms with Gasteiger partial charge in [-0.2, -0.15) is 5.10 Å². The van der Waals surface area contributed by atoms with E-state index >= 15 is 0 Å². The van der Waals surface area contributed by atoms with E-state index in [-0.39, 0.29) is 18.3 Å². The quantitative estimate of drug-likeness (QED) is 0.873. The smallest absolute Gasteiger partial charge is 0.246 e. The van der Waals surface area contributed by atoms with Crippen LogP contribution in [0.3, 0.4) is 0 Å². The van der Waals surface area contributed by atoms with Gasteiger partial charge in [0.2, 0.25) is 5.91 Å². The molecule has 2 N–H and O–H groups in total. The summed E-state index contributed by atoms with van der Waals surface area (Å²) in [6.07, 6.45) is 6.62. The van der Waals surface area contributed by atoms with E-state index in [1.165, 1.54) is 0 Å². The molecule has 0 bridgehead atoms. The third-order valence-corrected chi connectivity index (χ3v) is 2.66. The third kappa shape index (κ3) is 3.75. The Hall–Kier alpha value is -1.99. The molecule has 1 unspecified atom stereocenters. The van der Waals surface area contributed by atoms with Gasteiger partial charge >= 0.3 is 0 Å². The van der Waals surface area contributed by atoms with Crippen molar-refractivity contribution >= 4 is 24.0 Å². The predicted octanol–water partition coefficient (Wildman–Crippen LogP) is 0.840. The lowest BCUT2D eigenvalue weighted by atomic mass is 10.1. The second-order valence-electron chi connectivity index (χ2n) is 4.18. The number of nitrogens with zero attached hydrogens (tertiary/aromatic N) is 4. The minimum Gasteiger partial charge on any atom is -0.322 e. The van der Waals surface area contributed by atoms with E-state index in [1.54, 1.807) is 43.4 Å². The van der Waals surface area contributed by atoms with Gasteiger partial charge in [-0.15, -0.1) is 12.4 Å². The molecule has 1 atom stereocenters. The normalized spacial score (nSPS) is 11.6. The van der Waals surface area contributed by atoms with Crippen molar-refractivity contribution in [3.63, 3.8) is 0 Å². The van der Waals surface area contributed by atoms with E-state index in [0.29, 0.717) is 11.5 Å². The molecule has 108 valence electrons. The fraction of sp³-hybridized carbons (Fsp3) is 0.333. The van der Waals surface area contributed by atoms with Crippen LogP contribution in [0.2, 0.25) is 0 Å². The lowest BCUT2D eigenvalue weighted by Gasteiger charge is -2.14. The van der Waals surface area contributed by atoms with Gasteiger partial charge in [-0.05, 0) is 14.0 Å². The molecule has 2 heterocycles. The number of anilines is 1. The fourth-order valence-corrected chi connectivity index (χ4v) is 1.71. The Morgan fingerprint density at radius 1 is 1.30 bits per heavy atom. The van der Waals surface area contributed by atoms with Crippen molar-refractivity contribution in [2.24, 2.45) is 7.05 Å². The second-order valence-corrected chi connectivity index (χ2v) is 4.18. The highest BCUT2D eigenvalue weighted by atomic mass is 35.5. The summed E-state index contributed by atoms with van der Waals surface area (Å²) in [4.78, 5) is 20.2. The summed E-state index contributed by atoms with van der Waals surface area (Å²) in [6, 6.07) is -0.463. The van der Waals surface area contributed by atoms with Crippen molar-refractivity contribution in [2.45, 2.75) is 13.0 Å². The number of hydrogen-bond donors (Lipinski definition) is 2. The van der Waals surface area contributed by atoms with Crippen LogP contribution in [0.25, 0.3) is 0 Å². The van der Waals surface area contributed by atoms with Crippen molar-refractivity contribution < 1.29 is 4.79 Å². The van der Waals surface area contributed by atoms with Crippen LogP contribution in [0.4, 0.5) is 5.69 Å². The Morgan fingerprint density at radius 2 is 1.95 bits per heavy atom. The van der Waals surface area contributed by atoms with Crippen LogP contribution >= 0.6 is 12.4 Å². The number of hydrogen-bond acceptors (Lipinski definition) is 5. The summed E-state index contributed by atoms with van der Waals surface area (Å²) in [5.41, 5.74) is 1.37. The van der Waals surface area contributed by atoms with Gasteiger partial charge in [0, 0.05) is 18.8 Å². The monoisotopic (exact) mass is 296 g/mol. The van der Waals surface area contributed by atoms with Gasteiger partial charge in [-0.1, -0.05) is 0 Å². The first-order valence-electron chi connectivity index (χ1n) is 5.85. The SMILES string of the molecule is CNC(C(=O)Nc1cnc(C)nc1)c1cnn(C)c1.Cl. The van der Waals surface area contributed by atoms with Crippen LogP contribution < -0.4 is 10.6 Å². The molecule has 0 aromatic carbocycles. The summed E-state index contributed by atoms with van der Waals surface area (Å²) in [7, 11) is 3.53. The number of nitrogens with one attached hydrogen (secondary N) is 2. The number of aryl methyl sites for hydroxylation is 2. The number of carbonyl (C=O) groups excluding carboxylic acids is 1. The summed E-state index contributed by atoms with van der Waals surface area (Å²) < 4.78 is 1.65. The molecule has 0 saturated heterocycles. The minimum absolute atomic E-state index is 0. The van der Waals surface area contributed by atoms with Gasteiger partial charge in [-0.3, -0.25) is 9.48 Å². The third-order valence-electron chi connectivity index (χ3n) is 2.66. The summed E-state index contributed by atoms with van der Waals surface area (Å²) in [5.74, 6) is 0.485. The average Bonchev–Trinajstić information content (AvgIpc) is 2.80. The fourth-order valence-electron chi connectivity index (χ4n) is 1.71. The molecular weight excluding hydrogens is 280 g/mol. The van der Waals surface area contributed by atoms with Crippen LogP contribution in [0, 0.1) is 6.92 Å². The highest BCUT2D eigenvalue weighted by molar-refractivity contribution is 5.95. The maximum absolute atomic E-state index is 12.2. The zero-order valence-electron chi connectivity index (χ0n) is 11.5. The molecule has 8 heteroatoms. The van der Waals surface area contributed by atoms with Gasteiger partial charge in [0.15, 0.2) is 0 Å². The molecule has 0 saturated carbocycles. The summed E-state index contributed by atoms with van der Waals surface area (Å²) >= 11 is 0. The number of halogens is 1. The molecule has 2 aromatic heterocycles. The van der Waals surface area contributed by atoms with Crippen LogP contribution in [0.5, 0.6) is 0 Å². The minimum atomic E-state index is -0.463. The summed E-state index contributed by atoms with van der Waals surface area (Å²) in [6.45, 7) is 1.79. The molecule has 7 nitrogen and oxygen atoms in total. The van der Waals surface area contributed by atoms with Gasteiger partial charge < -0.3 is 10.6 Å². The van der Waals surface area contributed by atoms with E-state index in [0.717, 1.165) is 5.56 Å². The Kier molecular flexibility index (Phi) is 5.60. The number of likely N-dealkylation sites (N-methyl/N-ethyl adjacent to an activating group) is 1. The molecule has 2 aromatic rings. The number of carbonyl (C=O) groups is 1. The van der Waals surface area contributed by atoms with Gasteiger partial charge in [0.05, 0.1) is 24.3 Å². The van der Waals surface area contributed by atoms with Crippen LogP contribution in [0.15, 0.2) is 24.8 Å². The maximum atomic E-state index is 12.2. The number of aromatic nitrogens is 4.